The lowest BCUT2D eigenvalue weighted by Crippen LogP contribution is -2.22. The number of hydrogen-bond donors (Lipinski definition) is 1. The van der Waals surface area contributed by atoms with Gasteiger partial charge in [-0.15, -0.1) is 0 Å². The third-order valence-corrected chi connectivity index (χ3v) is 3.24. The highest BCUT2D eigenvalue weighted by Gasteiger charge is 2.22. The topological polar surface area (TPSA) is 39.1 Å². The Labute approximate surface area is 118 Å². The van der Waals surface area contributed by atoms with Crippen molar-refractivity contribution in [1.82, 2.24) is 15.1 Å². The highest BCUT2D eigenvalue weighted by Crippen LogP contribution is 2.30. The summed E-state index contributed by atoms with van der Waals surface area (Å²) in [5.74, 6) is 0.463. The molecule has 0 spiro atoms. The summed E-state index contributed by atoms with van der Waals surface area (Å²) in [6.45, 7) is 2.89. The van der Waals surface area contributed by atoms with Crippen LogP contribution in [0.4, 0.5) is 4.39 Å². The number of aryl methyl sites for hydroxylation is 1. The lowest BCUT2D eigenvalue weighted by molar-refractivity contribution is 0.400. The first-order chi connectivity index (χ1) is 9.71. The van der Waals surface area contributed by atoms with Gasteiger partial charge in [-0.05, 0) is 31.2 Å². The molecule has 2 rings (SSSR count). The molecule has 0 saturated heterocycles. The van der Waals surface area contributed by atoms with Crippen LogP contribution in [0.2, 0.25) is 0 Å². The summed E-state index contributed by atoms with van der Waals surface area (Å²) in [7, 11) is 3.47. The van der Waals surface area contributed by atoms with E-state index in [1.165, 1.54) is 12.1 Å². The molecule has 0 aliphatic rings. The molecular formula is C15H20FN3O. The van der Waals surface area contributed by atoms with Crippen molar-refractivity contribution in [3.05, 3.63) is 47.5 Å². The number of hydrogen-bond acceptors (Lipinski definition) is 3. The molecule has 0 amide bonds. The molecule has 0 radical (unpaired) electrons. The van der Waals surface area contributed by atoms with E-state index in [-0.39, 0.29) is 11.9 Å². The van der Waals surface area contributed by atoms with Gasteiger partial charge in [0.15, 0.2) is 5.75 Å². The maximum Gasteiger partial charge on any atom is 0.161 e. The van der Waals surface area contributed by atoms with Crippen LogP contribution in [-0.4, -0.2) is 23.9 Å². The summed E-state index contributed by atoms with van der Waals surface area (Å²) < 4.78 is 20.8. The van der Waals surface area contributed by atoms with Gasteiger partial charge in [-0.2, -0.15) is 5.10 Å². The fourth-order valence-electron chi connectivity index (χ4n) is 2.36. The van der Waals surface area contributed by atoms with Gasteiger partial charge >= 0.3 is 0 Å². The van der Waals surface area contributed by atoms with Gasteiger partial charge in [-0.1, -0.05) is 19.1 Å². The first-order valence-corrected chi connectivity index (χ1v) is 6.73. The van der Waals surface area contributed by atoms with Crippen LogP contribution in [0.1, 0.15) is 30.6 Å². The smallest absolute Gasteiger partial charge is 0.161 e. The highest BCUT2D eigenvalue weighted by molar-refractivity contribution is 5.36. The van der Waals surface area contributed by atoms with E-state index in [2.05, 4.69) is 17.3 Å². The Morgan fingerprint density at radius 1 is 1.45 bits per heavy atom. The number of halogens is 1. The van der Waals surface area contributed by atoms with Gasteiger partial charge in [-0.3, -0.25) is 4.68 Å². The van der Waals surface area contributed by atoms with Gasteiger partial charge < -0.3 is 10.1 Å². The van der Waals surface area contributed by atoms with Crippen molar-refractivity contribution in [2.75, 3.05) is 14.2 Å². The molecule has 0 saturated carbocycles. The van der Waals surface area contributed by atoms with Crippen LogP contribution in [0.5, 0.6) is 5.75 Å². The minimum Gasteiger partial charge on any atom is -0.493 e. The molecule has 0 aliphatic carbocycles. The Morgan fingerprint density at radius 2 is 2.25 bits per heavy atom. The Balaban J connectivity index is 2.48. The number of methoxy groups -OCH3 is 1. The lowest BCUT2D eigenvalue weighted by atomic mass is 10.0. The van der Waals surface area contributed by atoms with Gasteiger partial charge in [0.25, 0.3) is 0 Å². The van der Waals surface area contributed by atoms with Crippen molar-refractivity contribution in [3.63, 3.8) is 0 Å². The van der Waals surface area contributed by atoms with Crippen LogP contribution in [0.15, 0.2) is 30.5 Å². The lowest BCUT2D eigenvalue weighted by Gasteiger charge is -2.19. The summed E-state index contributed by atoms with van der Waals surface area (Å²) in [6, 6.07) is 6.42. The maximum absolute atomic E-state index is 13.5. The molecule has 4 nitrogen and oxygen atoms in total. The Morgan fingerprint density at radius 3 is 2.85 bits per heavy atom. The van der Waals surface area contributed by atoms with Gasteiger partial charge in [0.2, 0.25) is 0 Å². The Bertz CT molecular complexity index is 568. The van der Waals surface area contributed by atoms with E-state index in [0.29, 0.717) is 5.75 Å². The molecule has 1 aromatic carbocycles. The zero-order valence-electron chi connectivity index (χ0n) is 12.1. The van der Waals surface area contributed by atoms with Crippen LogP contribution >= 0.6 is 0 Å². The van der Waals surface area contributed by atoms with Crippen molar-refractivity contribution in [1.29, 1.82) is 0 Å². The molecule has 1 atom stereocenters. The molecule has 0 bridgehead atoms. The third-order valence-electron chi connectivity index (χ3n) is 3.24. The fourth-order valence-corrected chi connectivity index (χ4v) is 2.36. The number of nitrogens with one attached hydrogen (secondary N) is 1. The SMILES string of the molecule is CCCn1ncc(OC)c1C(NC)c1cccc(F)c1. The summed E-state index contributed by atoms with van der Waals surface area (Å²) in [6.07, 6.45) is 2.67. The minimum atomic E-state index is -0.247. The standard InChI is InChI=1S/C15H20FN3O/c1-4-8-19-15(13(20-3)10-18-19)14(17-2)11-6-5-7-12(16)9-11/h5-7,9-10,14,17H,4,8H2,1-3H3. The minimum absolute atomic E-state index is 0.158. The Hall–Kier alpha value is -1.88. The van der Waals surface area contributed by atoms with E-state index in [1.807, 2.05) is 17.8 Å². The molecule has 1 N–H and O–H groups in total. The van der Waals surface area contributed by atoms with E-state index < -0.39 is 0 Å². The zero-order valence-corrected chi connectivity index (χ0v) is 12.1. The van der Waals surface area contributed by atoms with Gasteiger partial charge in [0.1, 0.15) is 11.5 Å². The van der Waals surface area contributed by atoms with E-state index in [4.69, 9.17) is 4.74 Å². The van der Waals surface area contributed by atoms with E-state index in [9.17, 15) is 4.39 Å². The maximum atomic E-state index is 13.5. The molecule has 0 aliphatic heterocycles. The summed E-state index contributed by atoms with van der Waals surface area (Å²) >= 11 is 0. The molecule has 1 heterocycles. The quantitative estimate of drug-likeness (QED) is 0.882. The molecule has 1 aromatic heterocycles. The van der Waals surface area contributed by atoms with Crippen molar-refractivity contribution in [2.24, 2.45) is 0 Å². The first kappa shape index (κ1) is 14.5. The molecule has 5 heteroatoms. The number of nitrogens with zero attached hydrogens (tertiary/aromatic N) is 2. The second kappa shape index (κ2) is 6.52. The van der Waals surface area contributed by atoms with E-state index in [0.717, 1.165) is 24.2 Å². The van der Waals surface area contributed by atoms with Crippen molar-refractivity contribution < 1.29 is 9.13 Å². The number of benzene rings is 1. The van der Waals surface area contributed by atoms with Crippen LogP contribution in [0, 0.1) is 5.82 Å². The first-order valence-electron chi connectivity index (χ1n) is 6.73. The zero-order chi connectivity index (χ0) is 14.5. The Kier molecular flexibility index (Phi) is 4.74. The third kappa shape index (κ3) is 2.82. The van der Waals surface area contributed by atoms with Crippen molar-refractivity contribution in [3.8, 4) is 5.75 Å². The molecular weight excluding hydrogens is 257 g/mol. The van der Waals surface area contributed by atoms with Crippen LogP contribution in [0.3, 0.4) is 0 Å². The second-order valence-electron chi connectivity index (χ2n) is 4.60. The average molecular weight is 277 g/mol. The summed E-state index contributed by atoms with van der Waals surface area (Å²) in [5, 5.41) is 7.57. The largest absolute Gasteiger partial charge is 0.493 e. The van der Waals surface area contributed by atoms with Gasteiger partial charge in [0.05, 0.1) is 19.3 Å². The molecule has 20 heavy (non-hydrogen) atoms. The van der Waals surface area contributed by atoms with Gasteiger partial charge in [0, 0.05) is 6.54 Å². The highest BCUT2D eigenvalue weighted by atomic mass is 19.1. The molecule has 108 valence electrons. The van der Waals surface area contributed by atoms with Crippen molar-refractivity contribution >= 4 is 0 Å². The predicted octanol–water partition coefficient (Wildman–Crippen LogP) is 2.75. The monoisotopic (exact) mass is 277 g/mol. The molecule has 1 unspecified atom stereocenters. The fraction of sp³-hybridized carbons (Fsp3) is 0.400. The van der Waals surface area contributed by atoms with Crippen molar-refractivity contribution in [2.45, 2.75) is 25.9 Å². The number of ether oxygens (including phenoxy) is 1. The number of rotatable bonds is 6. The summed E-state index contributed by atoms with van der Waals surface area (Å²) in [5.41, 5.74) is 1.77. The van der Waals surface area contributed by atoms with Gasteiger partial charge in [-0.25, -0.2) is 4.39 Å². The summed E-state index contributed by atoms with van der Waals surface area (Å²) in [4.78, 5) is 0. The van der Waals surface area contributed by atoms with Crippen LogP contribution < -0.4 is 10.1 Å². The normalized spacial score (nSPS) is 12.4. The van der Waals surface area contributed by atoms with Crippen LogP contribution in [0.25, 0.3) is 0 Å². The molecule has 0 fully saturated rings. The van der Waals surface area contributed by atoms with E-state index >= 15 is 0 Å². The molecule has 2 aromatic rings. The van der Waals surface area contributed by atoms with E-state index in [1.54, 1.807) is 19.4 Å². The predicted molar refractivity (Wildman–Crippen MR) is 76.4 cm³/mol. The number of aromatic nitrogens is 2. The average Bonchev–Trinajstić information content (AvgIpc) is 2.84. The second-order valence-corrected chi connectivity index (χ2v) is 4.60. The van der Waals surface area contributed by atoms with Crippen LogP contribution in [-0.2, 0) is 6.54 Å².